The molecule has 126 valence electrons. The highest BCUT2D eigenvalue weighted by Gasteiger charge is 2.25. The smallest absolute Gasteiger partial charge is 0.251 e. The molecule has 1 N–H and O–H groups in total. The van der Waals surface area contributed by atoms with Gasteiger partial charge in [0.25, 0.3) is 5.91 Å². The number of nitrogens with one attached hydrogen (secondary N) is 1. The first kappa shape index (κ1) is 17.7. The average molecular weight is 337 g/mol. The third-order valence-corrected chi connectivity index (χ3v) is 5.68. The van der Waals surface area contributed by atoms with Crippen LogP contribution < -0.4 is 5.32 Å². The zero-order chi connectivity index (χ0) is 16.9. The normalized spacial score (nSPS) is 16.9. The fourth-order valence-electron chi connectivity index (χ4n) is 2.39. The van der Waals surface area contributed by atoms with E-state index in [1.54, 1.807) is 30.3 Å². The van der Waals surface area contributed by atoms with E-state index in [0.29, 0.717) is 30.8 Å². The van der Waals surface area contributed by atoms with Crippen molar-refractivity contribution in [1.82, 2.24) is 14.5 Å². The largest absolute Gasteiger partial charge is 0.349 e. The Kier molecular flexibility index (Phi) is 5.92. The van der Waals surface area contributed by atoms with Gasteiger partial charge in [0.15, 0.2) is 0 Å². The second-order valence-corrected chi connectivity index (χ2v) is 7.62. The zero-order valence-corrected chi connectivity index (χ0v) is 14.2. The van der Waals surface area contributed by atoms with Gasteiger partial charge in [0, 0.05) is 38.3 Å². The highest BCUT2D eigenvalue weighted by Crippen LogP contribution is 2.14. The van der Waals surface area contributed by atoms with Crippen molar-refractivity contribution in [3.8, 4) is 0 Å². The molecular formula is C16H23N3O3S. The van der Waals surface area contributed by atoms with Gasteiger partial charge in [-0.2, -0.15) is 4.31 Å². The van der Waals surface area contributed by atoms with Gasteiger partial charge in [0.1, 0.15) is 0 Å². The van der Waals surface area contributed by atoms with Crippen molar-refractivity contribution < 1.29 is 13.2 Å². The number of sulfonamides is 1. The van der Waals surface area contributed by atoms with Crippen molar-refractivity contribution in [3.63, 3.8) is 0 Å². The second kappa shape index (κ2) is 7.72. The van der Waals surface area contributed by atoms with Crippen molar-refractivity contribution in [2.45, 2.75) is 5.75 Å². The summed E-state index contributed by atoms with van der Waals surface area (Å²) in [5.74, 6) is -0.232. The van der Waals surface area contributed by atoms with E-state index < -0.39 is 10.0 Å². The Bertz CT molecular complexity index is 648. The molecule has 1 amide bonds. The third-order valence-electron chi connectivity index (χ3n) is 3.83. The van der Waals surface area contributed by atoms with Gasteiger partial charge in [0.05, 0.1) is 5.75 Å². The molecule has 0 aliphatic carbocycles. The number of hydrogen-bond donors (Lipinski definition) is 1. The Morgan fingerprint density at radius 3 is 2.39 bits per heavy atom. The molecule has 0 unspecified atom stereocenters. The quantitative estimate of drug-likeness (QED) is 0.775. The molecule has 1 aromatic carbocycles. The molecule has 1 aliphatic rings. The van der Waals surface area contributed by atoms with Crippen LogP contribution in [0.3, 0.4) is 0 Å². The average Bonchev–Trinajstić information content (AvgIpc) is 2.53. The fourth-order valence-corrected chi connectivity index (χ4v) is 3.90. The first-order valence-electron chi connectivity index (χ1n) is 7.57. The van der Waals surface area contributed by atoms with Crippen molar-refractivity contribution >= 4 is 15.9 Å². The molecule has 1 aliphatic heterocycles. The summed E-state index contributed by atoms with van der Waals surface area (Å²) in [5, 5.41) is 2.68. The fraction of sp³-hybridized carbons (Fsp3) is 0.438. The van der Waals surface area contributed by atoms with E-state index >= 15 is 0 Å². The van der Waals surface area contributed by atoms with Crippen LogP contribution in [0.25, 0.3) is 0 Å². The van der Waals surface area contributed by atoms with Gasteiger partial charge in [-0.05, 0) is 24.7 Å². The minimum absolute atomic E-state index is 0.0364. The lowest BCUT2D eigenvalue weighted by molar-refractivity contribution is 0.0958. The first-order chi connectivity index (χ1) is 10.9. The summed E-state index contributed by atoms with van der Waals surface area (Å²) < 4.78 is 26.4. The van der Waals surface area contributed by atoms with Gasteiger partial charge in [-0.15, -0.1) is 6.58 Å². The molecule has 0 bridgehead atoms. The van der Waals surface area contributed by atoms with Gasteiger partial charge in [-0.1, -0.05) is 18.2 Å². The maximum atomic E-state index is 12.4. The van der Waals surface area contributed by atoms with Crippen molar-refractivity contribution in [2.75, 3.05) is 39.8 Å². The Labute approximate surface area is 137 Å². The molecule has 23 heavy (non-hydrogen) atoms. The van der Waals surface area contributed by atoms with Crippen LogP contribution in [0.5, 0.6) is 0 Å². The summed E-state index contributed by atoms with van der Waals surface area (Å²) in [4.78, 5) is 13.9. The summed E-state index contributed by atoms with van der Waals surface area (Å²) >= 11 is 0. The van der Waals surface area contributed by atoms with Gasteiger partial charge in [0.2, 0.25) is 10.0 Å². The number of carbonyl (C=O) groups excluding carboxylic acids is 1. The van der Waals surface area contributed by atoms with E-state index in [0.717, 1.165) is 13.1 Å². The van der Waals surface area contributed by atoms with Crippen molar-refractivity contribution in [3.05, 3.63) is 48.0 Å². The number of piperazine rings is 1. The van der Waals surface area contributed by atoms with Crippen LogP contribution >= 0.6 is 0 Å². The lowest BCUT2D eigenvalue weighted by atomic mass is 10.1. The maximum Gasteiger partial charge on any atom is 0.251 e. The molecule has 0 saturated carbocycles. The van der Waals surface area contributed by atoms with E-state index in [4.69, 9.17) is 0 Å². The molecule has 0 spiro atoms. The zero-order valence-electron chi connectivity index (χ0n) is 13.4. The Hall–Kier alpha value is -1.70. The maximum absolute atomic E-state index is 12.4. The van der Waals surface area contributed by atoms with Gasteiger partial charge in [-0.3, -0.25) is 4.79 Å². The summed E-state index contributed by atoms with van der Waals surface area (Å²) in [6.07, 6.45) is 1.61. The Balaban J connectivity index is 1.99. The molecule has 6 nitrogen and oxygen atoms in total. The molecule has 1 fully saturated rings. The minimum Gasteiger partial charge on any atom is -0.349 e. The van der Waals surface area contributed by atoms with Crippen LogP contribution in [-0.2, 0) is 15.8 Å². The number of amides is 1. The number of carbonyl (C=O) groups is 1. The Morgan fingerprint density at radius 2 is 1.83 bits per heavy atom. The predicted octanol–water partition coefficient (Wildman–Crippen LogP) is 0.680. The standard InChI is InChI=1S/C16H23N3O3S/c1-3-8-17-16(20)15-6-4-14(5-7-15)13-23(21,22)19-11-9-18(2)10-12-19/h3-7H,1,8-13H2,2H3,(H,17,20). The van der Waals surface area contributed by atoms with Crippen LogP contribution in [0.4, 0.5) is 0 Å². The molecule has 7 heteroatoms. The molecule has 0 aromatic heterocycles. The van der Waals surface area contributed by atoms with E-state index in [1.807, 2.05) is 7.05 Å². The van der Waals surface area contributed by atoms with Crippen LogP contribution in [0.2, 0.25) is 0 Å². The lowest BCUT2D eigenvalue weighted by Crippen LogP contribution is -2.47. The van der Waals surface area contributed by atoms with Gasteiger partial charge >= 0.3 is 0 Å². The van der Waals surface area contributed by atoms with Gasteiger partial charge < -0.3 is 10.2 Å². The number of likely N-dealkylation sites (N-methyl/N-ethyl adjacent to an activating group) is 1. The number of nitrogens with zero attached hydrogens (tertiary/aromatic N) is 2. The predicted molar refractivity (Wildman–Crippen MR) is 90.7 cm³/mol. The summed E-state index contributed by atoms with van der Waals surface area (Å²) in [6.45, 7) is 6.50. The molecule has 1 saturated heterocycles. The van der Waals surface area contributed by atoms with Crippen LogP contribution in [0, 0.1) is 0 Å². The highest BCUT2D eigenvalue weighted by molar-refractivity contribution is 7.88. The minimum atomic E-state index is -3.31. The monoisotopic (exact) mass is 337 g/mol. The summed E-state index contributed by atoms with van der Waals surface area (Å²) in [7, 11) is -1.33. The highest BCUT2D eigenvalue weighted by atomic mass is 32.2. The van der Waals surface area contributed by atoms with Crippen LogP contribution in [0.15, 0.2) is 36.9 Å². The third kappa shape index (κ3) is 4.89. The second-order valence-electron chi connectivity index (χ2n) is 5.65. The van der Waals surface area contributed by atoms with Gasteiger partial charge in [-0.25, -0.2) is 8.42 Å². The van der Waals surface area contributed by atoms with Crippen molar-refractivity contribution in [2.24, 2.45) is 0 Å². The molecule has 0 atom stereocenters. The lowest BCUT2D eigenvalue weighted by Gasteiger charge is -2.31. The molecule has 0 radical (unpaired) electrons. The molecule has 1 heterocycles. The van der Waals surface area contributed by atoms with Crippen LogP contribution in [-0.4, -0.2) is 63.3 Å². The number of rotatable bonds is 6. The van der Waals surface area contributed by atoms with Crippen LogP contribution in [0.1, 0.15) is 15.9 Å². The molecule has 2 rings (SSSR count). The topological polar surface area (TPSA) is 69.7 Å². The first-order valence-corrected chi connectivity index (χ1v) is 9.17. The molecular weight excluding hydrogens is 314 g/mol. The van der Waals surface area contributed by atoms with E-state index in [1.165, 1.54) is 4.31 Å². The van der Waals surface area contributed by atoms with E-state index in [9.17, 15) is 13.2 Å². The van der Waals surface area contributed by atoms with E-state index in [2.05, 4.69) is 16.8 Å². The Morgan fingerprint density at radius 1 is 1.22 bits per heavy atom. The van der Waals surface area contributed by atoms with Crippen molar-refractivity contribution in [1.29, 1.82) is 0 Å². The number of hydrogen-bond acceptors (Lipinski definition) is 4. The summed E-state index contributed by atoms with van der Waals surface area (Å²) in [5.41, 5.74) is 1.19. The van der Waals surface area contributed by atoms with E-state index in [-0.39, 0.29) is 11.7 Å². The number of benzene rings is 1. The SMILES string of the molecule is C=CCNC(=O)c1ccc(CS(=O)(=O)N2CCN(C)CC2)cc1. The molecule has 1 aromatic rings. The summed E-state index contributed by atoms with van der Waals surface area (Å²) in [6, 6.07) is 6.67.